The SMILES string of the molecule is COc1ccc(F)cc1[C@H](Cn1c(=O)n(C(C)(C)C(=O)CC(C)C)c(=O)c2c(C)c(-n3cccn3)sc21)OC[C@H](C)O.S. The predicted octanol–water partition coefficient (Wildman–Crippen LogP) is 4.47. The summed E-state index contributed by atoms with van der Waals surface area (Å²) in [6.45, 7) is 10.00. The van der Waals surface area contributed by atoms with Crippen molar-refractivity contribution in [3.05, 3.63) is 74.4 Å². The molecule has 4 rings (SSSR count). The molecule has 0 aliphatic rings. The monoisotopic (exact) mass is 634 g/mol. The van der Waals surface area contributed by atoms with Crippen molar-refractivity contribution >= 4 is 40.8 Å². The number of carbonyl (C=O) groups excluding carboxylic acids is 1. The number of nitrogens with zero attached hydrogens (tertiary/aromatic N) is 4. The maximum absolute atomic E-state index is 14.5. The topological polar surface area (TPSA) is 118 Å². The molecule has 1 N–H and O–H groups in total. The average molecular weight is 635 g/mol. The molecule has 234 valence electrons. The Hall–Kier alpha value is -3.26. The van der Waals surface area contributed by atoms with Crippen molar-refractivity contribution in [1.82, 2.24) is 18.9 Å². The number of carbonyl (C=O) groups is 1. The van der Waals surface area contributed by atoms with Crippen LogP contribution in [0.3, 0.4) is 0 Å². The van der Waals surface area contributed by atoms with Gasteiger partial charge < -0.3 is 14.6 Å². The van der Waals surface area contributed by atoms with Gasteiger partial charge in [-0.1, -0.05) is 25.2 Å². The minimum absolute atomic E-state index is 0. The van der Waals surface area contributed by atoms with Gasteiger partial charge in [0.15, 0.2) is 5.78 Å². The number of ketones is 1. The first-order chi connectivity index (χ1) is 19.8. The number of thiophene rings is 1. The molecule has 2 atom stereocenters. The second-order valence-corrected chi connectivity index (χ2v) is 12.3. The smallest absolute Gasteiger partial charge is 0.333 e. The van der Waals surface area contributed by atoms with Crippen LogP contribution in [0.1, 0.15) is 58.3 Å². The number of aromatic nitrogens is 4. The van der Waals surface area contributed by atoms with Crippen LogP contribution < -0.4 is 16.0 Å². The Labute approximate surface area is 260 Å². The van der Waals surface area contributed by atoms with Gasteiger partial charge in [-0.15, -0.1) is 0 Å². The standard InChI is InChI=1S/C30H37FN4O6S.H2S/c1-17(2)13-24(37)30(5,6)35-26(38)25-19(4)27(34-12-8-11-32-34)42-28(25)33(29(35)39)15-23(41-16-18(3)36)21-14-20(31)9-10-22(21)40-7;/h8-12,14,17-18,23,36H,13,15-16H2,1-7H3;1H2/t18-,23-;/m0./s1. The maximum Gasteiger partial charge on any atom is 0.333 e. The number of aryl methyl sites for hydroxylation is 1. The summed E-state index contributed by atoms with van der Waals surface area (Å²) in [7, 11) is 1.44. The number of rotatable bonds is 12. The van der Waals surface area contributed by atoms with Gasteiger partial charge in [0.25, 0.3) is 5.56 Å². The number of Topliss-reactive ketones (excluding diaryl/α,β-unsaturated/α-hetero) is 1. The summed E-state index contributed by atoms with van der Waals surface area (Å²) in [6, 6.07) is 5.72. The maximum atomic E-state index is 14.5. The Kier molecular flexibility index (Phi) is 10.8. The van der Waals surface area contributed by atoms with Crippen molar-refractivity contribution in [2.45, 2.75) is 72.3 Å². The van der Waals surface area contributed by atoms with E-state index in [4.69, 9.17) is 9.47 Å². The van der Waals surface area contributed by atoms with Crippen molar-refractivity contribution in [2.24, 2.45) is 5.92 Å². The van der Waals surface area contributed by atoms with Gasteiger partial charge in [0, 0.05) is 29.9 Å². The van der Waals surface area contributed by atoms with E-state index in [9.17, 15) is 23.9 Å². The van der Waals surface area contributed by atoms with Crippen LogP contribution in [-0.2, 0) is 21.6 Å². The Morgan fingerprint density at radius 3 is 2.49 bits per heavy atom. The number of hydrogen-bond donors (Lipinski definition) is 1. The predicted molar refractivity (Wildman–Crippen MR) is 170 cm³/mol. The Morgan fingerprint density at radius 1 is 1.21 bits per heavy atom. The lowest BCUT2D eigenvalue weighted by molar-refractivity contribution is -0.127. The van der Waals surface area contributed by atoms with Crippen LogP contribution >= 0.6 is 24.8 Å². The lowest BCUT2D eigenvalue weighted by atomic mass is 9.91. The lowest BCUT2D eigenvalue weighted by Crippen LogP contribution is -2.53. The molecular weight excluding hydrogens is 595 g/mol. The second kappa shape index (κ2) is 13.6. The summed E-state index contributed by atoms with van der Waals surface area (Å²) < 4.78 is 30.0. The fourth-order valence-corrected chi connectivity index (χ4v) is 6.21. The van der Waals surface area contributed by atoms with E-state index < -0.39 is 34.8 Å². The van der Waals surface area contributed by atoms with Gasteiger partial charge in [-0.3, -0.25) is 14.2 Å². The highest BCUT2D eigenvalue weighted by Gasteiger charge is 2.36. The normalized spacial score (nSPS) is 13.3. The summed E-state index contributed by atoms with van der Waals surface area (Å²) in [6.07, 6.45) is 1.72. The summed E-state index contributed by atoms with van der Waals surface area (Å²) in [5, 5.41) is 15.2. The van der Waals surface area contributed by atoms with Crippen LogP contribution in [0.25, 0.3) is 15.2 Å². The summed E-state index contributed by atoms with van der Waals surface area (Å²) >= 11 is 1.20. The number of ether oxygens (including phenoxy) is 2. The van der Waals surface area contributed by atoms with E-state index in [1.807, 2.05) is 13.8 Å². The zero-order valence-corrected chi connectivity index (χ0v) is 27.2. The first-order valence-electron chi connectivity index (χ1n) is 13.7. The Morgan fingerprint density at radius 2 is 1.91 bits per heavy atom. The van der Waals surface area contributed by atoms with Gasteiger partial charge in [0.05, 0.1) is 31.8 Å². The van der Waals surface area contributed by atoms with Crippen LogP contribution in [0, 0.1) is 18.7 Å². The largest absolute Gasteiger partial charge is 0.496 e. The molecule has 3 aromatic heterocycles. The van der Waals surface area contributed by atoms with Crippen molar-refractivity contribution in [2.75, 3.05) is 13.7 Å². The highest BCUT2D eigenvalue weighted by Crippen LogP contribution is 2.34. The van der Waals surface area contributed by atoms with Crippen LogP contribution in [0.2, 0.25) is 0 Å². The van der Waals surface area contributed by atoms with Gasteiger partial charge in [-0.25, -0.2) is 18.4 Å². The minimum Gasteiger partial charge on any atom is -0.496 e. The molecular formula is C30H39FN4O6S2. The zero-order chi connectivity index (χ0) is 30.9. The molecule has 3 heterocycles. The van der Waals surface area contributed by atoms with Crippen LogP contribution in [0.4, 0.5) is 4.39 Å². The Bertz CT molecular complexity index is 1710. The molecule has 0 amide bonds. The fourth-order valence-electron chi connectivity index (χ4n) is 4.96. The van der Waals surface area contributed by atoms with Gasteiger partial charge in [-0.05, 0) is 57.9 Å². The highest BCUT2D eigenvalue weighted by molar-refractivity contribution is 7.59. The van der Waals surface area contributed by atoms with E-state index in [0.717, 1.165) is 4.57 Å². The third kappa shape index (κ3) is 6.79. The molecule has 0 radical (unpaired) electrons. The molecule has 0 aliphatic heterocycles. The molecule has 0 saturated carbocycles. The van der Waals surface area contributed by atoms with Crippen molar-refractivity contribution in [1.29, 1.82) is 0 Å². The van der Waals surface area contributed by atoms with E-state index in [2.05, 4.69) is 5.10 Å². The fraction of sp³-hybridized carbons (Fsp3) is 0.467. The average Bonchev–Trinajstić information content (AvgIpc) is 3.56. The zero-order valence-electron chi connectivity index (χ0n) is 25.4. The summed E-state index contributed by atoms with van der Waals surface area (Å²) in [4.78, 5) is 42.2. The molecule has 1 aromatic carbocycles. The van der Waals surface area contributed by atoms with Crippen LogP contribution in [0.15, 0.2) is 46.2 Å². The van der Waals surface area contributed by atoms with Gasteiger partial charge in [-0.2, -0.15) is 18.6 Å². The molecule has 0 aliphatic carbocycles. The van der Waals surface area contributed by atoms with E-state index in [-0.39, 0.29) is 50.2 Å². The molecule has 0 bridgehead atoms. The van der Waals surface area contributed by atoms with Crippen LogP contribution in [0.5, 0.6) is 5.75 Å². The van der Waals surface area contributed by atoms with E-state index in [0.29, 0.717) is 26.7 Å². The van der Waals surface area contributed by atoms with E-state index in [1.54, 1.807) is 50.8 Å². The number of aliphatic hydroxyl groups is 1. The molecule has 10 nitrogen and oxygen atoms in total. The van der Waals surface area contributed by atoms with E-state index in [1.165, 1.54) is 41.2 Å². The number of halogens is 1. The van der Waals surface area contributed by atoms with Crippen LogP contribution in [-0.4, -0.2) is 49.6 Å². The lowest BCUT2D eigenvalue weighted by Gasteiger charge is -2.28. The Balaban J connectivity index is 0.00000506. The summed E-state index contributed by atoms with van der Waals surface area (Å²) in [5.41, 5.74) is -1.81. The molecule has 13 heteroatoms. The minimum atomic E-state index is -1.46. The molecule has 0 fully saturated rings. The quantitative estimate of drug-likeness (QED) is 0.244. The van der Waals surface area contributed by atoms with Crippen molar-refractivity contribution < 1.29 is 23.8 Å². The third-order valence-electron chi connectivity index (χ3n) is 7.16. The molecule has 0 saturated heterocycles. The van der Waals surface area contributed by atoms with Gasteiger partial charge in [0.2, 0.25) is 0 Å². The van der Waals surface area contributed by atoms with Crippen molar-refractivity contribution in [3.63, 3.8) is 0 Å². The second-order valence-electron chi connectivity index (χ2n) is 11.3. The first kappa shape index (κ1) is 34.2. The first-order valence-corrected chi connectivity index (χ1v) is 14.5. The number of aliphatic hydroxyl groups excluding tert-OH is 1. The van der Waals surface area contributed by atoms with Gasteiger partial charge in [0.1, 0.15) is 33.0 Å². The molecule has 0 spiro atoms. The number of benzene rings is 1. The van der Waals surface area contributed by atoms with E-state index >= 15 is 0 Å². The number of hydrogen-bond acceptors (Lipinski definition) is 8. The molecule has 43 heavy (non-hydrogen) atoms. The molecule has 4 aromatic rings. The highest BCUT2D eigenvalue weighted by atomic mass is 32.1. The van der Waals surface area contributed by atoms with Gasteiger partial charge >= 0.3 is 5.69 Å². The number of methoxy groups -OCH3 is 1. The molecule has 0 unspecified atom stereocenters. The van der Waals surface area contributed by atoms with Crippen molar-refractivity contribution in [3.8, 4) is 10.8 Å². The summed E-state index contributed by atoms with van der Waals surface area (Å²) in [5.74, 6) is -0.438. The third-order valence-corrected chi connectivity index (χ3v) is 8.46. The number of fused-ring (bicyclic) bond motifs is 1.